The normalized spacial score (nSPS) is 31.2. The molecule has 3 fully saturated rings. The van der Waals surface area contributed by atoms with E-state index in [1.807, 2.05) is 28.7 Å². The molecule has 0 unspecified atom stereocenters. The number of halogens is 3. The van der Waals surface area contributed by atoms with Crippen LogP contribution in [0.2, 0.25) is 5.02 Å². The average molecular weight is 681 g/mol. The van der Waals surface area contributed by atoms with Gasteiger partial charge in [0.1, 0.15) is 5.82 Å². The van der Waals surface area contributed by atoms with Gasteiger partial charge in [0.05, 0.1) is 44.6 Å². The van der Waals surface area contributed by atoms with E-state index in [0.29, 0.717) is 14.7 Å². The Bertz CT molecular complexity index is 1560. The highest BCUT2D eigenvalue weighted by atomic mass is 127. The second kappa shape index (κ2) is 9.25. The molecule has 4 aliphatic rings. The second-order valence-corrected chi connectivity index (χ2v) is 12.4. The molecule has 2 aliphatic heterocycles. The van der Waals surface area contributed by atoms with Crippen molar-refractivity contribution in [3.8, 4) is 11.5 Å². The number of anilines is 1. The van der Waals surface area contributed by atoms with Crippen LogP contribution in [0, 0.1) is 38.5 Å². The summed E-state index contributed by atoms with van der Waals surface area (Å²) in [7, 11) is 1.40. The first-order valence-electron chi connectivity index (χ1n) is 12.6. The van der Waals surface area contributed by atoms with Gasteiger partial charge in [0.25, 0.3) is 11.8 Å². The Hall–Kier alpha value is -3.03. The molecule has 12 heteroatoms. The van der Waals surface area contributed by atoms with Crippen LogP contribution in [0.25, 0.3) is 0 Å². The highest BCUT2D eigenvalue weighted by Gasteiger charge is 2.67. The molecule has 40 heavy (non-hydrogen) atoms. The number of aromatic hydroxyl groups is 1. The molecule has 2 aromatic rings. The predicted molar refractivity (Wildman–Crippen MR) is 147 cm³/mol. The molecule has 6 atom stereocenters. The molecule has 2 aromatic carbocycles. The fourth-order valence-corrected chi connectivity index (χ4v) is 7.97. The van der Waals surface area contributed by atoms with Crippen molar-refractivity contribution in [1.29, 1.82) is 0 Å². The zero-order valence-corrected chi connectivity index (χ0v) is 24.1. The van der Waals surface area contributed by atoms with E-state index >= 15 is 0 Å². The van der Waals surface area contributed by atoms with E-state index in [0.717, 1.165) is 11.0 Å². The van der Waals surface area contributed by atoms with Crippen molar-refractivity contribution >= 4 is 63.5 Å². The Morgan fingerprint density at radius 2 is 1.82 bits per heavy atom. The standard InChI is InChI=1S/C28H23ClFIN2O7/c1-28-16(25(36)32(27(28)38)12-3-6-18(30)17(29)9-12)10-15-13(4-5-14-21(15)26(37)33(39)24(14)35)22(28)11-7-19(31)23(34)20(8-11)40-2/h3-4,6-9,14-16,21-22,34,39H,5,10H2,1-2H3/t14-,15+,16-,21-,22-,28+/m0/s1. The van der Waals surface area contributed by atoms with Crippen molar-refractivity contribution in [3.05, 3.63) is 62.0 Å². The molecule has 6 rings (SSSR count). The molecule has 0 aromatic heterocycles. The van der Waals surface area contributed by atoms with Crippen LogP contribution in [0.4, 0.5) is 10.1 Å². The predicted octanol–water partition coefficient (Wildman–Crippen LogP) is 4.42. The quantitative estimate of drug-likeness (QED) is 0.213. The summed E-state index contributed by atoms with van der Waals surface area (Å²) in [5, 5.41) is 20.6. The number of rotatable bonds is 3. The fourth-order valence-electron chi connectivity index (χ4n) is 7.17. The summed E-state index contributed by atoms with van der Waals surface area (Å²) >= 11 is 7.95. The van der Waals surface area contributed by atoms with Crippen molar-refractivity contribution in [1.82, 2.24) is 5.06 Å². The Morgan fingerprint density at radius 3 is 2.50 bits per heavy atom. The molecule has 208 valence electrons. The van der Waals surface area contributed by atoms with Crippen LogP contribution >= 0.6 is 34.2 Å². The molecule has 2 aliphatic carbocycles. The Labute approximate surface area is 246 Å². The van der Waals surface area contributed by atoms with Crippen molar-refractivity contribution in [2.24, 2.45) is 29.1 Å². The van der Waals surface area contributed by atoms with Gasteiger partial charge in [-0.2, -0.15) is 5.06 Å². The first kappa shape index (κ1) is 27.2. The van der Waals surface area contributed by atoms with Crippen molar-refractivity contribution in [3.63, 3.8) is 0 Å². The number of carbonyl (C=O) groups excluding carboxylic acids is 4. The van der Waals surface area contributed by atoms with Crippen LogP contribution in [0.3, 0.4) is 0 Å². The van der Waals surface area contributed by atoms with E-state index in [2.05, 4.69) is 0 Å². The van der Waals surface area contributed by atoms with E-state index in [1.165, 1.54) is 19.2 Å². The number of ether oxygens (including phenoxy) is 1. The SMILES string of the molecule is COc1cc([C@H]2C3=CC[C@@H]4C(=O)N(O)C(=O)[C@@H]4[C@@H]3C[C@H]3C(=O)N(c4ccc(F)c(Cl)c4)C(=O)[C@@]23C)cc(I)c1O. The summed E-state index contributed by atoms with van der Waals surface area (Å²) in [4.78, 5) is 55.1. The van der Waals surface area contributed by atoms with Crippen molar-refractivity contribution < 1.29 is 38.6 Å². The lowest BCUT2D eigenvalue weighted by atomic mass is 9.51. The Kier molecular flexibility index (Phi) is 6.28. The number of nitrogens with zero attached hydrogens (tertiary/aromatic N) is 2. The van der Waals surface area contributed by atoms with Crippen LogP contribution in [0.15, 0.2) is 42.0 Å². The average Bonchev–Trinajstić information content (AvgIpc) is 3.26. The smallest absolute Gasteiger partial charge is 0.257 e. The number of hydroxylamine groups is 2. The number of carbonyl (C=O) groups is 4. The molecule has 2 saturated heterocycles. The van der Waals surface area contributed by atoms with E-state index in [1.54, 1.807) is 19.1 Å². The minimum Gasteiger partial charge on any atom is -0.504 e. The van der Waals surface area contributed by atoms with Gasteiger partial charge in [-0.3, -0.25) is 24.4 Å². The minimum atomic E-state index is -1.34. The lowest BCUT2D eigenvalue weighted by Gasteiger charge is -2.49. The second-order valence-electron chi connectivity index (χ2n) is 10.8. The number of phenols is 1. The maximum Gasteiger partial charge on any atom is 0.257 e. The lowest BCUT2D eigenvalue weighted by Crippen LogP contribution is -2.48. The summed E-state index contributed by atoms with van der Waals surface area (Å²) < 4.78 is 19.8. The molecule has 0 bridgehead atoms. The van der Waals surface area contributed by atoms with Gasteiger partial charge >= 0.3 is 0 Å². The van der Waals surface area contributed by atoms with Gasteiger partial charge in [0.2, 0.25) is 11.8 Å². The topological polar surface area (TPSA) is 124 Å². The van der Waals surface area contributed by atoms with Gasteiger partial charge < -0.3 is 9.84 Å². The van der Waals surface area contributed by atoms with Gasteiger partial charge in [-0.15, -0.1) is 0 Å². The van der Waals surface area contributed by atoms with Crippen LogP contribution in [0.1, 0.15) is 31.2 Å². The van der Waals surface area contributed by atoms with Gasteiger partial charge in [-0.05, 0) is 84.2 Å². The van der Waals surface area contributed by atoms with Gasteiger partial charge in [0.15, 0.2) is 11.5 Å². The van der Waals surface area contributed by atoms with E-state index in [-0.39, 0.29) is 40.1 Å². The number of hydrogen-bond donors (Lipinski definition) is 2. The molecule has 0 radical (unpaired) electrons. The summed E-state index contributed by atoms with van der Waals surface area (Å²) in [6.45, 7) is 1.70. The summed E-state index contributed by atoms with van der Waals surface area (Å²) in [5.74, 6) is -7.00. The number of imide groups is 2. The Morgan fingerprint density at radius 1 is 1.10 bits per heavy atom. The molecular formula is C28H23ClFIN2O7. The number of allylic oxidation sites excluding steroid dienone is 2. The Balaban J connectivity index is 1.56. The van der Waals surface area contributed by atoms with Gasteiger partial charge in [-0.25, -0.2) is 9.29 Å². The minimum absolute atomic E-state index is 0.0810. The number of amides is 4. The summed E-state index contributed by atoms with van der Waals surface area (Å²) in [5.41, 5.74) is 0.0684. The van der Waals surface area contributed by atoms with Gasteiger partial charge in [-0.1, -0.05) is 23.3 Å². The van der Waals surface area contributed by atoms with E-state index in [4.69, 9.17) is 16.3 Å². The van der Waals surface area contributed by atoms with Crippen LogP contribution < -0.4 is 9.64 Å². The largest absolute Gasteiger partial charge is 0.504 e. The van der Waals surface area contributed by atoms with Gasteiger partial charge in [0, 0.05) is 5.92 Å². The first-order valence-corrected chi connectivity index (χ1v) is 14.0. The van der Waals surface area contributed by atoms with Crippen molar-refractivity contribution in [2.45, 2.75) is 25.7 Å². The third-order valence-corrected chi connectivity index (χ3v) is 10.1. The maximum atomic E-state index is 14.3. The summed E-state index contributed by atoms with van der Waals surface area (Å²) in [6.07, 6.45) is 2.11. The molecular weight excluding hydrogens is 658 g/mol. The molecule has 0 spiro atoms. The third kappa shape index (κ3) is 3.53. The molecule has 2 heterocycles. The third-order valence-electron chi connectivity index (χ3n) is 9.02. The van der Waals surface area contributed by atoms with Crippen molar-refractivity contribution in [2.75, 3.05) is 12.0 Å². The van der Waals surface area contributed by atoms with E-state index in [9.17, 15) is 33.9 Å². The molecule has 9 nitrogen and oxygen atoms in total. The molecule has 2 N–H and O–H groups in total. The van der Waals surface area contributed by atoms with E-state index < -0.39 is 64.5 Å². The zero-order valence-electron chi connectivity index (χ0n) is 21.2. The highest BCUT2D eigenvalue weighted by Crippen LogP contribution is 2.64. The van der Waals surface area contributed by atoms with Crippen LogP contribution in [-0.2, 0) is 19.2 Å². The van der Waals surface area contributed by atoms with Crippen LogP contribution in [0.5, 0.6) is 11.5 Å². The zero-order chi connectivity index (χ0) is 28.8. The van der Waals surface area contributed by atoms with Crippen LogP contribution in [-0.4, -0.2) is 46.1 Å². The highest BCUT2D eigenvalue weighted by molar-refractivity contribution is 14.1. The fraction of sp³-hybridized carbons (Fsp3) is 0.357. The number of hydrogen-bond acceptors (Lipinski definition) is 7. The first-order chi connectivity index (χ1) is 18.9. The number of methoxy groups -OCH3 is 1. The number of benzene rings is 2. The maximum absolute atomic E-state index is 14.3. The number of fused-ring (bicyclic) bond motifs is 4. The molecule has 1 saturated carbocycles. The lowest BCUT2D eigenvalue weighted by molar-refractivity contribution is -0.173. The monoisotopic (exact) mass is 680 g/mol. The number of phenolic OH excluding ortho intramolecular Hbond substituents is 1. The summed E-state index contributed by atoms with van der Waals surface area (Å²) in [6, 6.07) is 6.92. The molecule has 4 amide bonds.